The molecule has 2 aliphatic heterocycles. The molecule has 1 aliphatic carbocycles. The first kappa shape index (κ1) is 28.7. The molecule has 0 amide bonds. The quantitative estimate of drug-likeness (QED) is 0.369. The standard InChI is InChI=1S/C31H32N2O9/c1-38-19-13-11-18(12-14-19)23-21(25(35)40-3)16-33-27-30(28(36)41-4)22(17-9-7-6-8-10-17)20(24(34)39-2)15-32-26(30)31(23,27)29(37)42-5/h6-16,22-23,26-27,32-33H,1-5H3/t22?,23?,26-,27+,30-,31+/m0/s1. The van der Waals surface area contributed by atoms with Gasteiger partial charge in [-0.15, -0.1) is 0 Å². The molecule has 11 nitrogen and oxygen atoms in total. The lowest BCUT2D eigenvalue weighted by Gasteiger charge is -2.71. The van der Waals surface area contributed by atoms with E-state index in [2.05, 4.69) is 10.6 Å². The molecule has 2 aromatic rings. The van der Waals surface area contributed by atoms with E-state index >= 15 is 0 Å². The van der Waals surface area contributed by atoms with Crippen molar-refractivity contribution >= 4 is 23.9 Å². The number of benzene rings is 2. The summed E-state index contributed by atoms with van der Waals surface area (Å²) < 4.78 is 26.4. The Bertz CT molecular complexity index is 1460. The molecule has 2 N–H and O–H groups in total. The molecule has 6 atom stereocenters. The molecule has 42 heavy (non-hydrogen) atoms. The molecular weight excluding hydrogens is 544 g/mol. The highest BCUT2D eigenvalue weighted by molar-refractivity contribution is 6.00. The number of rotatable bonds is 7. The van der Waals surface area contributed by atoms with E-state index in [1.807, 2.05) is 6.07 Å². The SMILES string of the molecule is COC(=O)C1=CN[C@H]2[C@@](C(=O)OC)(C1c1ccccc1)[C@H]1NC=C(C(=O)OC)C(c3ccc(OC)cc3)[C@]12C(=O)OC. The van der Waals surface area contributed by atoms with Gasteiger partial charge >= 0.3 is 23.9 Å². The van der Waals surface area contributed by atoms with Crippen LogP contribution in [0.4, 0.5) is 0 Å². The third-order valence-electron chi connectivity index (χ3n) is 8.80. The number of carbonyl (C=O) groups is 4. The van der Waals surface area contributed by atoms with Gasteiger partial charge in [0.2, 0.25) is 0 Å². The van der Waals surface area contributed by atoms with Gasteiger partial charge in [-0.25, -0.2) is 9.59 Å². The normalized spacial score (nSPS) is 28.9. The maximum Gasteiger partial charge on any atom is 0.335 e. The minimum Gasteiger partial charge on any atom is -0.497 e. The van der Waals surface area contributed by atoms with Crippen molar-refractivity contribution in [3.8, 4) is 5.75 Å². The number of hydrogen-bond donors (Lipinski definition) is 2. The second kappa shape index (κ2) is 10.9. The van der Waals surface area contributed by atoms with Crippen molar-refractivity contribution in [1.82, 2.24) is 10.6 Å². The van der Waals surface area contributed by atoms with Crippen molar-refractivity contribution in [3.05, 3.63) is 89.3 Å². The molecule has 11 heteroatoms. The van der Waals surface area contributed by atoms with E-state index < -0.39 is 58.6 Å². The highest BCUT2D eigenvalue weighted by Crippen LogP contribution is 2.71. The first-order valence-electron chi connectivity index (χ1n) is 13.2. The summed E-state index contributed by atoms with van der Waals surface area (Å²) in [4.78, 5) is 54.7. The molecule has 0 bridgehead atoms. The molecule has 0 radical (unpaired) electrons. The van der Waals surface area contributed by atoms with Gasteiger partial charge in [0.05, 0.1) is 58.8 Å². The molecule has 2 heterocycles. The Labute approximate surface area is 242 Å². The maximum atomic E-state index is 14.2. The topological polar surface area (TPSA) is 138 Å². The zero-order valence-corrected chi connectivity index (χ0v) is 23.8. The minimum atomic E-state index is -1.58. The van der Waals surface area contributed by atoms with Crippen LogP contribution in [0.5, 0.6) is 5.75 Å². The molecule has 2 unspecified atom stereocenters. The molecule has 1 saturated carbocycles. The van der Waals surface area contributed by atoms with Crippen molar-refractivity contribution in [2.75, 3.05) is 35.5 Å². The number of nitrogens with one attached hydrogen (secondary N) is 2. The second-order valence-corrected chi connectivity index (χ2v) is 10.3. The van der Waals surface area contributed by atoms with Gasteiger partial charge in [-0.3, -0.25) is 9.59 Å². The van der Waals surface area contributed by atoms with Gasteiger partial charge in [0.15, 0.2) is 0 Å². The Morgan fingerprint density at radius 1 is 0.595 bits per heavy atom. The summed E-state index contributed by atoms with van der Waals surface area (Å²) in [7, 11) is 6.54. The van der Waals surface area contributed by atoms with Crippen LogP contribution in [-0.4, -0.2) is 71.5 Å². The first-order chi connectivity index (χ1) is 20.3. The third-order valence-corrected chi connectivity index (χ3v) is 8.80. The lowest BCUT2D eigenvalue weighted by molar-refractivity contribution is -0.212. The average molecular weight is 577 g/mol. The summed E-state index contributed by atoms with van der Waals surface area (Å²) in [5, 5.41) is 6.37. The fourth-order valence-electron chi connectivity index (χ4n) is 7.28. The Hall–Kier alpha value is -4.80. The molecule has 220 valence electrons. The summed E-state index contributed by atoms with van der Waals surface area (Å²) >= 11 is 0. The number of ether oxygens (including phenoxy) is 5. The summed E-state index contributed by atoms with van der Waals surface area (Å²) in [6, 6.07) is 13.9. The predicted molar refractivity (Wildman–Crippen MR) is 148 cm³/mol. The molecule has 3 aliphatic rings. The van der Waals surface area contributed by atoms with Gasteiger partial charge in [-0.05, 0) is 23.3 Å². The fraction of sp³-hybridized carbons (Fsp3) is 0.355. The third kappa shape index (κ3) is 3.72. The van der Waals surface area contributed by atoms with Crippen LogP contribution in [0.15, 0.2) is 78.1 Å². The highest BCUT2D eigenvalue weighted by atomic mass is 16.5. The van der Waals surface area contributed by atoms with Crippen LogP contribution in [0.25, 0.3) is 0 Å². The number of hydrogen-bond acceptors (Lipinski definition) is 11. The predicted octanol–water partition coefficient (Wildman–Crippen LogP) is 1.95. The van der Waals surface area contributed by atoms with Crippen molar-refractivity contribution in [3.63, 3.8) is 0 Å². The number of methoxy groups -OCH3 is 5. The number of esters is 4. The van der Waals surface area contributed by atoms with E-state index in [9.17, 15) is 19.2 Å². The van der Waals surface area contributed by atoms with Crippen molar-refractivity contribution in [1.29, 1.82) is 0 Å². The molecule has 1 fully saturated rings. The smallest absolute Gasteiger partial charge is 0.335 e. The molecule has 2 aromatic carbocycles. The van der Waals surface area contributed by atoms with E-state index in [1.165, 1.54) is 47.9 Å². The molecule has 0 saturated heterocycles. The second-order valence-electron chi connectivity index (χ2n) is 10.3. The zero-order valence-electron chi connectivity index (χ0n) is 23.8. The van der Waals surface area contributed by atoms with Crippen LogP contribution in [0.3, 0.4) is 0 Å². The van der Waals surface area contributed by atoms with Gasteiger partial charge < -0.3 is 34.3 Å². The van der Waals surface area contributed by atoms with Gasteiger partial charge in [0.25, 0.3) is 0 Å². The van der Waals surface area contributed by atoms with E-state index in [1.54, 1.807) is 48.5 Å². The van der Waals surface area contributed by atoms with Crippen LogP contribution >= 0.6 is 0 Å². The first-order valence-corrected chi connectivity index (χ1v) is 13.2. The fourth-order valence-corrected chi connectivity index (χ4v) is 7.28. The lowest BCUT2D eigenvalue weighted by Crippen LogP contribution is -2.88. The van der Waals surface area contributed by atoms with Crippen molar-refractivity contribution < 1.29 is 42.9 Å². The Kier molecular flexibility index (Phi) is 7.44. The Balaban J connectivity index is 1.84. The molecular formula is C31H32N2O9. The lowest BCUT2D eigenvalue weighted by atomic mass is 9.34. The van der Waals surface area contributed by atoms with Crippen molar-refractivity contribution in [2.24, 2.45) is 10.8 Å². The average Bonchev–Trinajstić information content (AvgIpc) is 3.04. The maximum absolute atomic E-state index is 14.2. The zero-order chi connectivity index (χ0) is 30.2. The van der Waals surface area contributed by atoms with Crippen molar-refractivity contribution in [2.45, 2.75) is 23.9 Å². The molecule has 0 spiro atoms. The van der Waals surface area contributed by atoms with Gasteiger partial charge in [0, 0.05) is 24.2 Å². The van der Waals surface area contributed by atoms with E-state index in [4.69, 9.17) is 23.7 Å². The van der Waals surface area contributed by atoms with Gasteiger partial charge in [0.1, 0.15) is 16.6 Å². The van der Waals surface area contributed by atoms with E-state index in [0.717, 1.165) is 0 Å². The summed E-state index contributed by atoms with van der Waals surface area (Å²) in [6.45, 7) is 0. The van der Waals surface area contributed by atoms with Gasteiger partial charge in [-0.2, -0.15) is 0 Å². The molecule has 5 rings (SSSR count). The highest BCUT2D eigenvalue weighted by Gasteiger charge is 2.85. The summed E-state index contributed by atoms with van der Waals surface area (Å²) in [5.74, 6) is -3.91. The number of carbonyl (C=O) groups excluding carboxylic acids is 4. The Morgan fingerprint density at radius 2 is 1.02 bits per heavy atom. The van der Waals surface area contributed by atoms with Crippen LogP contribution in [-0.2, 0) is 38.1 Å². The van der Waals surface area contributed by atoms with Crippen LogP contribution in [0.2, 0.25) is 0 Å². The number of fused-ring (bicyclic) bond motifs is 4. The summed E-state index contributed by atoms with van der Waals surface area (Å²) in [6.07, 6.45) is 2.93. The van der Waals surface area contributed by atoms with E-state index in [-0.39, 0.29) is 11.1 Å². The van der Waals surface area contributed by atoms with Crippen LogP contribution < -0.4 is 15.4 Å². The van der Waals surface area contributed by atoms with Gasteiger partial charge in [-0.1, -0.05) is 42.5 Å². The molecule has 0 aromatic heterocycles. The summed E-state index contributed by atoms with van der Waals surface area (Å²) in [5.41, 5.74) is -1.59. The minimum absolute atomic E-state index is 0.156. The van der Waals surface area contributed by atoms with Crippen LogP contribution in [0.1, 0.15) is 23.0 Å². The van der Waals surface area contributed by atoms with E-state index in [0.29, 0.717) is 16.9 Å². The monoisotopic (exact) mass is 576 g/mol. The Morgan fingerprint density at radius 3 is 1.40 bits per heavy atom. The van der Waals surface area contributed by atoms with Crippen LogP contribution in [0, 0.1) is 10.8 Å². The largest absolute Gasteiger partial charge is 0.497 e.